The predicted molar refractivity (Wildman–Crippen MR) is 150 cm³/mol. The number of alkyl carbamates (subject to hydrolysis) is 1. The van der Waals surface area contributed by atoms with Crippen molar-refractivity contribution in [1.29, 1.82) is 0 Å². The quantitative estimate of drug-likeness (QED) is 0.243. The zero-order valence-corrected chi connectivity index (χ0v) is 24.0. The first kappa shape index (κ1) is 33.0. The number of nitrogens with one attached hydrogen (secondary N) is 2. The number of amides is 2. The van der Waals surface area contributed by atoms with Gasteiger partial charge in [-0.3, -0.25) is 19.2 Å². The first-order valence-electron chi connectivity index (χ1n) is 13.2. The molecule has 11 heteroatoms. The van der Waals surface area contributed by atoms with Gasteiger partial charge in [0.1, 0.15) is 18.2 Å². The molecule has 0 radical (unpaired) electrons. The third-order valence-corrected chi connectivity index (χ3v) is 6.02. The minimum atomic E-state index is -1.44. The van der Waals surface area contributed by atoms with Crippen molar-refractivity contribution in [2.24, 2.45) is 11.7 Å². The van der Waals surface area contributed by atoms with E-state index in [1.165, 1.54) is 14.0 Å². The van der Waals surface area contributed by atoms with Crippen molar-refractivity contribution in [2.75, 3.05) is 7.11 Å². The van der Waals surface area contributed by atoms with Crippen LogP contribution in [0.25, 0.3) is 0 Å². The zero-order valence-electron chi connectivity index (χ0n) is 24.0. The summed E-state index contributed by atoms with van der Waals surface area (Å²) in [6.07, 6.45) is -1.55. The molecule has 41 heavy (non-hydrogen) atoms. The number of hydrogen-bond donors (Lipinski definition) is 3. The lowest BCUT2D eigenvalue weighted by Crippen LogP contribution is -2.55. The van der Waals surface area contributed by atoms with Crippen LogP contribution < -0.4 is 16.4 Å². The van der Waals surface area contributed by atoms with Crippen LogP contribution in [0.2, 0.25) is 0 Å². The smallest absolute Gasteiger partial charge is 0.408 e. The summed E-state index contributed by atoms with van der Waals surface area (Å²) < 4.78 is 15.3. The molecule has 0 aliphatic carbocycles. The lowest BCUT2D eigenvalue weighted by molar-refractivity contribution is -0.147. The number of esters is 2. The number of Topliss-reactive ketones (excluding diaryl/α,β-unsaturated/α-hetero) is 1. The van der Waals surface area contributed by atoms with E-state index in [-0.39, 0.29) is 13.0 Å². The Balaban J connectivity index is 2.20. The Morgan fingerprint density at radius 3 is 2.00 bits per heavy atom. The molecule has 0 aliphatic heterocycles. The number of benzene rings is 2. The van der Waals surface area contributed by atoms with Crippen LogP contribution in [0.1, 0.15) is 57.7 Å². The van der Waals surface area contributed by atoms with Crippen molar-refractivity contribution in [3.8, 4) is 0 Å². The van der Waals surface area contributed by atoms with E-state index >= 15 is 0 Å². The molecule has 2 rings (SSSR count). The standard InChI is InChI=1S/C30H39N3O8/c1-19(27(36)22(31)16-25(35)40-18-20-12-8-6-9-13-20)26(33-29(38)41-30(2,3)4)28(37)32-23(17-24(34)39-5)21-14-10-7-11-15-21/h6-15,19,22-23,26H,16-18,31H2,1-5H3,(H,32,37)(H,33,38)/t19?,22-,23?,26?/m0/s1. The molecule has 11 nitrogen and oxygen atoms in total. The Bertz CT molecular complexity index is 1180. The number of rotatable bonds is 13. The van der Waals surface area contributed by atoms with Gasteiger partial charge in [0.15, 0.2) is 5.78 Å². The molecule has 4 atom stereocenters. The summed E-state index contributed by atoms with van der Waals surface area (Å²) in [7, 11) is 1.23. The van der Waals surface area contributed by atoms with E-state index in [0.29, 0.717) is 5.56 Å². The normalized spacial score (nSPS) is 14.0. The Morgan fingerprint density at radius 2 is 1.44 bits per heavy atom. The number of methoxy groups -OCH3 is 1. The summed E-state index contributed by atoms with van der Waals surface area (Å²) in [6, 6.07) is 14.1. The van der Waals surface area contributed by atoms with Crippen molar-refractivity contribution in [1.82, 2.24) is 10.6 Å². The highest BCUT2D eigenvalue weighted by molar-refractivity contribution is 5.96. The molecule has 0 aliphatic rings. The van der Waals surface area contributed by atoms with Crippen LogP contribution in [0.5, 0.6) is 0 Å². The number of hydrogen-bond acceptors (Lipinski definition) is 9. The molecule has 222 valence electrons. The fourth-order valence-electron chi connectivity index (χ4n) is 3.88. The van der Waals surface area contributed by atoms with Crippen LogP contribution >= 0.6 is 0 Å². The summed E-state index contributed by atoms with van der Waals surface area (Å²) >= 11 is 0. The molecule has 2 aromatic rings. The fraction of sp³-hybridized carbons (Fsp3) is 0.433. The maximum Gasteiger partial charge on any atom is 0.408 e. The molecule has 0 heterocycles. The van der Waals surface area contributed by atoms with Gasteiger partial charge in [0.05, 0.1) is 32.0 Å². The van der Waals surface area contributed by atoms with Gasteiger partial charge >= 0.3 is 18.0 Å². The minimum Gasteiger partial charge on any atom is -0.469 e. The summed E-state index contributed by atoms with van der Waals surface area (Å²) in [6.45, 7) is 6.37. The van der Waals surface area contributed by atoms with Crippen LogP contribution in [0.4, 0.5) is 4.79 Å². The molecule has 0 aromatic heterocycles. The average molecular weight is 570 g/mol. The largest absolute Gasteiger partial charge is 0.469 e. The van der Waals surface area contributed by atoms with Crippen molar-refractivity contribution >= 4 is 29.7 Å². The molecule has 0 saturated heterocycles. The molecular formula is C30H39N3O8. The first-order valence-corrected chi connectivity index (χ1v) is 13.2. The molecule has 2 aromatic carbocycles. The Kier molecular flexibility index (Phi) is 12.5. The third kappa shape index (κ3) is 11.4. The minimum absolute atomic E-state index is 0.0163. The van der Waals surface area contributed by atoms with E-state index in [1.54, 1.807) is 75.4 Å². The number of nitrogens with two attached hydrogens (primary N) is 1. The van der Waals surface area contributed by atoms with E-state index in [2.05, 4.69) is 10.6 Å². The lowest BCUT2D eigenvalue weighted by atomic mass is 9.90. The van der Waals surface area contributed by atoms with Crippen molar-refractivity contribution in [3.63, 3.8) is 0 Å². The van der Waals surface area contributed by atoms with Gasteiger partial charge in [-0.05, 0) is 31.9 Å². The monoisotopic (exact) mass is 569 g/mol. The highest BCUT2D eigenvalue weighted by Crippen LogP contribution is 2.19. The van der Waals surface area contributed by atoms with Crippen LogP contribution in [0, 0.1) is 5.92 Å². The second-order valence-corrected chi connectivity index (χ2v) is 10.5. The van der Waals surface area contributed by atoms with Gasteiger partial charge in [0, 0.05) is 5.92 Å². The Labute approximate surface area is 240 Å². The predicted octanol–water partition coefficient (Wildman–Crippen LogP) is 2.97. The molecule has 0 saturated carbocycles. The maximum absolute atomic E-state index is 13.5. The van der Waals surface area contributed by atoms with Gasteiger partial charge in [0.25, 0.3) is 0 Å². The third-order valence-electron chi connectivity index (χ3n) is 6.02. The summed E-state index contributed by atoms with van der Waals surface area (Å²) in [4.78, 5) is 63.9. The number of ether oxygens (including phenoxy) is 3. The SMILES string of the molecule is COC(=O)CC(NC(=O)C(NC(=O)OC(C)(C)C)C(C)C(=O)[C@@H](N)CC(=O)OCc1ccccc1)c1ccccc1. The van der Waals surface area contributed by atoms with Crippen LogP contribution in [0.3, 0.4) is 0 Å². The van der Waals surface area contributed by atoms with Crippen LogP contribution in [-0.4, -0.2) is 54.5 Å². The van der Waals surface area contributed by atoms with Gasteiger partial charge in [0.2, 0.25) is 5.91 Å². The number of carbonyl (C=O) groups is 5. The van der Waals surface area contributed by atoms with E-state index < -0.39 is 65.8 Å². The number of carbonyl (C=O) groups excluding carboxylic acids is 5. The molecule has 3 unspecified atom stereocenters. The highest BCUT2D eigenvalue weighted by atomic mass is 16.6. The Hall–Kier alpha value is -4.25. The van der Waals surface area contributed by atoms with Gasteiger partial charge in [-0.15, -0.1) is 0 Å². The van der Waals surface area contributed by atoms with Gasteiger partial charge in [-0.1, -0.05) is 67.6 Å². The van der Waals surface area contributed by atoms with E-state index in [1.807, 2.05) is 6.07 Å². The molecule has 0 bridgehead atoms. The molecular weight excluding hydrogens is 530 g/mol. The van der Waals surface area contributed by atoms with E-state index in [0.717, 1.165) is 5.56 Å². The zero-order chi connectivity index (χ0) is 30.6. The van der Waals surface area contributed by atoms with E-state index in [9.17, 15) is 24.0 Å². The van der Waals surface area contributed by atoms with E-state index in [4.69, 9.17) is 19.9 Å². The molecule has 2 amide bonds. The van der Waals surface area contributed by atoms with Crippen molar-refractivity contribution in [2.45, 2.75) is 70.9 Å². The van der Waals surface area contributed by atoms with Crippen molar-refractivity contribution < 1.29 is 38.2 Å². The highest BCUT2D eigenvalue weighted by Gasteiger charge is 2.37. The summed E-state index contributed by atoms with van der Waals surface area (Å²) in [5, 5.41) is 5.18. The van der Waals surface area contributed by atoms with Crippen molar-refractivity contribution in [3.05, 3.63) is 71.8 Å². The fourth-order valence-corrected chi connectivity index (χ4v) is 3.88. The van der Waals surface area contributed by atoms with Gasteiger partial charge < -0.3 is 30.6 Å². The van der Waals surface area contributed by atoms with Gasteiger partial charge in [-0.25, -0.2) is 4.79 Å². The second kappa shape index (κ2) is 15.5. The first-order chi connectivity index (χ1) is 19.3. The molecule has 4 N–H and O–H groups in total. The molecule has 0 fully saturated rings. The maximum atomic E-state index is 13.5. The lowest BCUT2D eigenvalue weighted by Gasteiger charge is -2.29. The van der Waals surface area contributed by atoms with Gasteiger partial charge in [-0.2, -0.15) is 0 Å². The van der Waals surface area contributed by atoms with Crippen LogP contribution in [-0.2, 0) is 40.0 Å². The average Bonchev–Trinajstić information content (AvgIpc) is 2.93. The second-order valence-electron chi connectivity index (χ2n) is 10.5. The topological polar surface area (TPSA) is 163 Å². The Morgan fingerprint density at radius 1 is 0.854 bits per heavy atom. The number of ketones is 1. The summed E-state index contributed by atoms with van der Waals surface area (Å²) in [5.41, 5.74) is 6.55. The summed E-state index contributed by atoms with van der Waals surface area (Å²) in [5.74, 6) is -3.84. The molecule has 0 spiro atoms. The van der Waals surface area contributed by atoms with Crippen LogP contribution in [0.15, 0.2) is 60.7 Å².